The molecule has 1 aromatic carbocycles. The van der Waals surface area contributed by atoms with Gasteiger partial charge in [-0.2, -0.15) is 5.48 Å². The standard InChI is InChI=1S/C19H33NO/c1-3-4-5-6-7-8-9-11-14-18(2)21-20-17-19-15-12-10-13-16-19/h10,12-13,15-16,18,20H,3-9,11,14,17H2,1-2H3. The van der Waals surface area contributed by atoms with E-state index < -0.39 is 0 Å². The third-order valence-corrected chi connectivity index (χ3v) is 3.87. The Kier molecular flexibility index (Phi) is 11.1. The molecule has 0 spiro atoms. The van der Waals surface area contributed by atoms with Crippen LogP contribution in [0, 0.1) is 0 Å². The Morgan fingerprint density at radius 3 is 2.19 bits per heavy atom. The average Bonchev–Trinajstić information content (AvgIpc) is 2.51. The molecule has 1 atom stereocenters. The molecule has 0 bridgehead atoms. The van der Waals surface area contributed by atoms with E-state index in [9.17, 15) is 0 Å². The number of hydrogen-bond acceptors (Lipinski definition) is 2. The molecule has 0 aromatic heterocycles. The molecular formula is C19H33NO. The fourth-order valence-corrected chi connectivity index (χ4v) is 2.49. The van der Waals surface area contributed by atoms with Crippen LogP contribution in [0.3, 0.4) is 0 Å². The Morgan fingerprint density at radius 2 is 1.52 bits per heavy atom. The largest absolute Gasteiger partial charge is 0.298 e. The number of hydrogen-bond donors (Lipinski definition) is 1. The number of benzene rings is 1. The van der Waals surface area contributed by atoms with Gasteiger partial charge in [0.15, 0.2) is 0 Å². The maximum absolute atomic E-state index is 5.66. The van der Waals surface area contributed by atoms with E-state index in [1.807, 2.05) is 6.07 Å². The molecule has 0 heterocycles. The van der Waals surface area contributed by atoms with Gasteiger partial charge in [-0.05, 0) is 18.9 Å². The Bertz CT molecular complexity index is 326. The van der Waals surface area contributed by atoms with Crippen molar-refractivity contribution < 1.29 is 4.84 Å². The minimum atomic E-state index is 0.300. The second-order valence-corrected chi connectivity index (χ2v) is 6.00. The lowest BCUT2D eigenvalue weighted by atomic mass is 10.1. The van der Waals surface area contributed by atoms with Gasteiger partial charge in [0.05, 0.1) is 6.10 Å². The summed E-state index contributed by atoms with van der Waals surface area (Å²) in [7, 11) is 0. The monoisotopic (exact) mass is 291 g/mol. The van der Waals surface area contributed by atoms with E-state index in [1.54, 1.807) is 0 Å². The minimum Gasteiger partial charge on any atom is -0.298 e. The van der Waals surface area contributed by atoms with Crippen LogP contribution in [0.5, 0.6) is 0 Å². The van der Waals surface area contributed by atoms with Crippen LogP contribution >= 0.6 is 0 Å². The maximum atomic E-state index is 5.66. The zero-order chi connectivity index (χ0) is 15.2. The number of hydroxylamine groups is 1. The zero-order valence-electron chi connectivity index (χ0n) is 13.9. The first-order chi connectivity index (χ1) is 10.3. The second kappa shape index (κ2) is 12.8. The molecular weight excluding hydrogens is 258 g/mol. The average molecular weight is 291 g/mol. The van der Waals surface area contributed by atoms with Crippen molar-refractivity contribution in [1.29, 1.82) is 0 Å². The smallest absolute Gasteiger partial charge is 0.0762 e. The maximum Gasteiger partial charge on any atom is 0.0762 e. The van der Waals surface area contributed by atoms with Crippen LogP contribution in [-0.2, 0) is 11.4 Å². The van der Waals surface area contributed by atoms with E-state index in [2.05, 4.69) is 43.6 Å². The van der Waals surface area contributed by atoms with Gasteiger partial charge in [-0.1, -0.05) is 88.6 Å². The molecule has 0 radical (unpaired) electrons. The van der Waals surface area contributed by atoms with Gasteiger partial charge >= 0.3 is 0 Å². The highest BCUT2D eigenvalue weighted by Crippen LogP contribution is 2.11. The molecule has 0 aliphatic carbocycles. The Balaban J connectivity index is 1.88. The summed E-state index contributed by atoms with van der Waals surface area (Å²) in [6.07, 6.45) is 12.4. The molecule has 1 unspecified atom stereocenters. The molecule has 0 aliphatic rings. The van der Waals surface area contributed by atoms with Crippen LogP contribution in [0.2, 0.25) is 0 Å². The summed E-state index contributed by atoms with van der Waals surface area (Å²) < 4.78 is 0. The van der Waals surface area contributed by atoms with Gasteiger partial charge in [-0.15, -0.1) is 0 Å². The molecule has 1 N–H and O–H groups in total. The summed E-state index contributed by atoms with van der Waals surface area (Å²) in [6, 6.07) is 10.4. The molecule has 1 aromatic rings. The van der Waals surface area contributed by atoms with E-state index >= 15 is 0 Å². The molecule has 0 saturated heterocycles. The highest BCUT2D eigenvalue weighted by atomic mass is 16.7. The van der Waals surface area contributed by atoms with Crippen LogP contribution in [0.1, 0.15) is 77.2 Å². The SMILES string of the molecule is CCCCCCCCCCC(C)ONCc1ccccc1. The lowest BCUT2D eigenvalue weighted by molar-refractivity contribution is -0.0236. The fraction of sp³-hybridized carbons (Fsp3) is 0.684. The van der Waals surface area contributed by atoms with Gasteiger partial charge in [-0.25, -0.2) is 0 Å². The lowest BCUT2D eigenvalue weighted by Gasteiger charge is -2.13. The summed E-state index contributed by atoms with van der Waals surface area (Å²) in [4.78, 5) is 5.66. The summed E-state index contributed by atoms with van der Waals surface area (Å²) in [6.45, 7) is 5.20. The van der Waals surface area contributed by atoms with Crippen LogP contribution in [-0.4, -0.2) is 6.10 Å². The molecule has 0 amide bonds. The summed E-state index contributed by atoms with van der Waals surface area (Å²) in [5.74, 6) is 0. The van der Waals surface area contributed by atoms with Crippen molar-refractivity contribution in [2.24, 2.45) is 0 Å². The van der Waals surface area contributed by atoms with Gasteiger partial charge in [0.1, 0.15) is 0 Å². The van der Waals surface area contributed by atoms with Gasteiger partial charge in [0.25, 0.3) is 0 Å². The van der Waals surface area contributed by atoms with Gasteiger partial charge in [0.2, 0.25) is 0 Å². The molecule has 21 heavy (non-hydrogen) atoms. The van der Waals surface area contributed by atoms with E-state index in [1.165, 1.54) is 56.9 Å². The predicted octanol–water partition coefficient (Wildman–Crippen LogP) is 5.63. The molecule has 1 rings (SSSR count). The second-order valence-electron chi connectivity index (χ2n) is 6.00. The first-order valence-corrected chi connectivity index (χ1v) is 8.75. The molecule has 120 valence electrons. The molecule has 2 heteroatoms. The van der Waals surface area contributed by atoms with E-state index in [0.29, 0.717) is 6.10 Å². The van der Waals surface area contributed by atoms with E-state index in [0.717, 1.165) is 13.0 Å². The van der Waals surface area contributed by atoms with Crippen LogP contribution in [0.15, 0.2) is 30.3 Å². The topological polar surface area (TPSA) is 21.3 Å². The van der Waals surface area contributed by atoms with E-state index in [4.69, 9.17) is 4.84 Å². The van der Waals surface area contributed by atoms with Crippen molar-refractivity contribution in [2.75, 3.05) is 0 Å². The number of rotatable bonds is 13. The van der Waals surface area contributed by atoms with Crippen molar-refractivity contribution in [3.63, 3.8) is 0 Å². The van der Waals surface area contributed by atoms with Crippen molar-refractivity contribution in [3.05, 3.63) is 35.9 Å². The number of nitrogens with one attached hydrogen (secondary N) is 1. The highest BCUT2D eigenvalue weighted by Gasteiger charge is 2.02. The Hall–Kier alpha value is -0.860. The van der Waals surface area contributed by atoms with E-state index in [-0.39, 0.29) is 0 Å². The number of unbranched alkanes of at least 4 members (excludes halogenated alkanes) is 7. The zero-order valence-corrected chi connectivity index (χ0v) is 13.9. The third kappa shape index (κ3) is 10.5. The first-order valence-electron chi connectivity index (χ1n) is 8.75. The molecule has 0 aliphatic heterocycles. The molecule has 0 fully saturated rings. The van der Waals surface area contributed by atoms with Gasteiger partial charge < -0.3 is 0 Å². The van der Waals surface area contributed by atoms with Crippen molar-refractivity contribution in [1.82, 2.24) is 5.48 Å². The van der Waals surface area contributed by atoms with Crippen molar-refractivity contribution in [3.8, 4) is 0 Å². The van der Waals surface area contributed by atoms with Crippen molar-refractivity contribution >= 4 is 0 Å². The van der Waals surface area contributed by atoms with Crippen LogP contribution in [0.25, 0.3) is 0 Å². The highest BCUT2D eigenvalue weighted by molar-refractivity contribution is 5.13. The molecule has 2 nitrogen and oxygen atoms in total. The minimum absolute atomic E-state index is 0.300. The normalized spacial score (nSPS) is 12.5. The third-order valence-electron chi connectivity index (χ3n) is 3.87. The van der Waals surface area contributed by atoms with Crippen LogP contribution in [0.4, 0.5) is 0 Å². The summed E-state index contributed by atoms with van der Waals surface area (Å²) in [5.41, 5.74) is 4.34. The quantitative estimate of drug-likeness (QED) is 0.376. The fourth-order valence-electron chi connectivity index (χ4n) is 2.49. The van der Waals surface area contributed by atoms with Crippen LogP contribution < -0.4 is 5.48 Å². The Labute approximate surface area is 131 Å². The summed E-state index contributed by atoms with van der Waals surface area (Å²) >= 11 is 0. The van der Waals surface area contributed by atoms with Gasteiger partial charge in [0, 0.05) is 6.54 Å². The molecule has 0 saturated carbocycles. The lowest BCUT2D eigenvalue weighted by Crippen LogP contribution is -2.21. The first kappa shape index (κ1) is 18.2. The Morgan fingerprint density at radius 1 is 0.905 bits per heavy atom. The summed E-state index contributed by atoms with van der Waals surface area (Å²) in [5, 5.41) is 0. The van der Waals surface area contributed by atoms with Crippen molar-refractivity contribution in [2.45, 2.75) is 84.3 Å². The predicted molar refractivity (Wildman–Crippen MR) is 91.1 cm³/mol. The van der Waals surface area contributed by atoms with Gasteiger partial charge in [-0.3, -0.25) is 4.84 Å².